The van der Waals surface area contributed by atoms with Crippen molar-refractivity contribution in [3.05, 3.63) is 66.6 Å². The molecule has 0 unspecified atom stereocenters. The van der Waals surface area contributed by atoms with Crippen LogP contribution in [0.4, 0.5) is 5.69 Å². The fourth-order valence-electron chi connectivity index (χ4n) is 2.45. The molecule has 0 spiro atoms. The molecule has 2 aromatic carbocycles. The molecule has 0 radical (unpaired) electrons. The molecule has 0 bridgehead atoms. The van der Waals surface area contributed by atoms with Crippen molar-refractivity contribution in [3.8, 4) is 0 Å². The van der Waals surface area contributed by atoms with Gasteiger partial charge in [-0.25, -0.2) is 0 Å². The maximum atomic E-state index is 12.2. The van der Waals surface area contributed by atoms with Crippen LogP contribution in [0.1, 0.15) is 17.5 Å². The molecule has 0 aliphatic rings. The van der Waals surface area contributed by atoms with Gasteiger partial charge in [0.2, 0.25) is 0 Å². The molecule has 0 saturated carbocycles. The highest BCUT2D eigenvalue weighted by Gasteiger charge is 2.19. The molecular weight excluding hydrogens is 348 g/mol. The molecule has 0 fully saturated rings. The summed E-state index contributed by atoms with van der Waals surface area (Å²) < 4.78 is 9.96. The van der Waals surface area contributed by atoms with Crippen LogP contribution < -0.4 is 10.6 Å². The van der Waals surface area contributed by atoms with Gasteiger partial charge in [0, 0.05) is 5.69 Å². The highest BCUT2D eigenvalue weighted by atomic mass is 16.5. The van der Waals surface area contributed by atoms with E-state index >= 15 is 0 Å². The van der Waals surface area contributed by atoms with Crippen molar-refractivity contribution in [2.24, 2.45) is 0 Å². The van der Waals surface area contributed by atoms with E-state index in [4.69, 9.17) is 9.15 Å². The normalized spacial score (nSPS) is 11.6. The van der Waals surface area contributed by atoms with E-state index in [9.17, 15) is 14.4 Å². The van der Waals surface area contributed by atoms with E-state index < -0.39 is 23.9 Å². The SMILES string of the molecule is C[C@H](OC(=O)CNC(=O)c1ccco1)C(=O)Nc1ccc2ccccc2c1. The zero-order valence-corrected chi connectivity index (χ0v) is 14.6. The molecule has 1 atom stereocenters. The Balaban J connectivity index is 1.50. The van der Waals surface area contributed by atoms with Gasteiger partial charge < -0.3 is 19.8 Å². The minimum Gasteiger partial charge on any atom is -0.459 e. The Morgan fingerprint density at radius 2 is 1.81 bits per heavy atom. The van der Waals surface area contributed by atoms with Crippen molar-refractivity contribution >= 4 is 34.2 Å². The van der Waals surface area contributed by atoms with Crippen LogP contribution in [0.25, 0.3) is 10.8 Å². The lowest BCUT2D eigenvalue weighted by molar-refractivity contribution is -0.152. The monoisotopic (exact) mass is 366 g/mol. The lowest BCUT2D eigenvalue weighted by Crippen LogP contribution is -2.35. The van der Waals surface area contributed by atoms with Crippen LogP contribution >= 0.6 is 0 Å². The van der Waals surface area contributed by atoms with Crippen molar-refractivity contribution < 1.29 is 23.5 Å². The summed E-state index contributed by atoms with van der Waals surface area (Å²) in [6, 6.07) is 16.3. The third-order valence-electron chi connectivity index (χ3n) is 3.83. The van der Waals surface area contributed by atoms with Crippen molar-refractivity contribution in [1.29, 1.82) is 0 Å². The molecule has 1 aromatic heterocycles. The Labute approximate surface area is 155 Å². The number of carbonyl (C=O) groups is 3. The Kier molecular flexibility index (Phi) is 5.51. The van der Waals surface area contributed by atoms with Gasteiger partial charge in [-0.15, -0.1) is 0 Å². The minimum atomic E-state index is -1.01. The number of rotatable bonds is 6. The Morgan fingerprint density at radius 1 is 1.04 bits per heavy atom. The first-order valence-electron chi connectivity index (χ1n) is 8.34. The van der Waals surface area contributed by atoms with E-state index in [0.29, 0.717) is 5.69 Å². The molecule has 0 aliphatic carbocycles. The largest absolute Gasteiger partial charge is 0.459 e. The van der Waals surface area contributed by atoms with Gasteiger partial charge >= 0.3 is 5.97 Å². The molecule has 27 heavy (non-hydrogen) atoms. The molecule has 0 saturated heterocycles. The molecule has 7 heteroatoms. The van der Waals surface area contributed by atoms with Crippen molar-refractivity contribution in [3.63, 3.8) is 0 Å². The summed E-state index contributed by atoms with van der Waals surface area (Å²) in [6.07, 6.45) is 0.344. The summed E-state index contributed by atoms with van der Waals surface area (Å²) in [5.74, 6) is -1.64. The van der Waals surface area contributed by atoms with Gasteiger partial charge in [0.25, 0.3) is 11.8 Å². The molecule has 0 aliphatic heterocycles. The number of ether oxygens (including phenoxy) is 1. The zero-order valence-electron chi connectivity index (χ0n) is 14.6. The summed E-state index contributed by atoms with van der Waals surface area (Å²) in [4.78, 5) is 35.7. The smallest absolute Gasteiger partial charge is 0.326 e. The van der Waals surface area contributed by atoms with Gasteiger partial charge in [0.05, 0.1) is 6.26 Å². The summed E-state index contributed by atoms with van der Waals surface area (Å²) >= 11 is 0. The summed E-state index contributed by atoms with van der Waals surface area (Å²) in [6.45, 7) is 1.09. The molecular formula is C20H18N2O5. The van der Waals surface area contributed by atoms with Crippen LogP contribution in [-0.2, 0) is 14.3 Å². The number of hydrogen-bond donors (Lipinski definition) is 2. The first-order valence-corrected chi connectivity index (χ1v) is 8.34. The second-order valence-corrected chi connectivity index (χ2v) is 5.84. The second-order valence-electron chi connectivity index (χ2n) is 5.84. The predicted octanol–water partition coefficient (Wildman–Crippen LogP) is 2.73. The number of anilines is 1. The molecule has 2 N–H and O–H groups in total. The minimum absolute atomic E-state index is 0.0879. The van der Waals surface area contributed by atoms with Crippen LogP contribution in [0.5, 0.6) is 0 Å². The third-order valence-corrected chi connectivity index (χ3v) is 3.83. The summed E-state index contributed by atoms with van der Waals surface area (Å²) in [5.41, 5.74) is 0.604. The average Bonchev–Trinajstić information content (AvgIpc) is 3.21. The first-order chi connectivity index (χ1) is 13.0. The number of amides is 2. The van der Waals surface area contributed by atoms with E-state index in [-0.39, 0.29) is 12.3 Å². The van der Waals surface area contributed by atoms with E-state index in [1.807, 2.05) is 36.4 Å². The van der Waals surface area contributed by atoms with E-state index in [0.717, 1.165) is 10.8 Å². The Hall–Kier alpha value is -3.61. The summed E-state index contributed by atoms with van der Waals surface area (Å²) in [5, 5.41) is 7.11. The number of furan rings is 1. The van der Waals surface area contributed by atoms with Gasteiger partial charge in [-0.1, -0.05) is 30.3 Å². The van der Waals surface area contributed by atoms with E-state index in [1.54, 1.807) is 12.1 Å². The van der Waals surface area contributed by atoms with E-state index in [1.165, 1.54) is 19.3 Å². The predicted molar refractivity (Wildman–Crippen MR) is 99.2 cm³/mol. The van der Waals surface area contributed by atoms with Gasteiger partial charge in [-0.2, -0.15) is 0 Å². The number of carbonyl (C=O) groups excluding carboxylic acids is 3. The molecule has 2 amide bonds. The fourth-order valence-corrected chi connectivity index (χ4v) is 2.45. The van der Waals surface area contributed by atoms with Crippen LogP contribution in [0.15, 0.2) is 65.3 Å². The van der Waals surface area contributed by atoms with Gasteiger partial charge in [0.15, 0.2) is 11.9 Å². The van der Waals surface area contributed by atoms with Crippen molar-refractivity contribution in [2.45, 2.75) is 13.0 Å². The van der Waals surface area contributed by atoms with Crippen LogP contribution in [0.2, 0.25) is 0 Å². The maximum Gasteiger partial charge on any atom is 0.326 e. The van der Waals surface area contributed by atoms with Crippen molar-refractivity contribution in [2.75, 3.05) is 11.9 Å². The van der Waals surface area contributed by atoms with Gasteiger partial charge in [-0.3, -0.25) is 14.4 Å². The highest BCUT2D eigenvalue weighted by Crippen LogP contribution is 2.19. The first kappa shape index (κ1) is 18.2. The molecule has 138 valence electrons. The van der Waals surface area contributed by atoms with Crippen LogP contribution in [0, 0.1) is 0 Å². The molecule has 3 aromatic rings. The number of benzene rings is 2. The Bertz CT molecular complexity index is 965. The standard InChI is InChI=1S/C20H18N2O5/c1-13(27-18(23)12-21-20(25)17-7-4-10-26-17)19(24)22-16-9-8-14-5-2-3-6-15(14)11-16/h2-11,13H,12H2,1H3,(H,21,25)(H,22,24)/t13-/m0/s1. The third kappa shape index (κ3) is 4.72. The van der Waals surface area contributed by atoms with Crippen LogP contribution in [-0.4, -0.2) is 30.4 Å². The van der Waals surface area contributed by atoms with Crippen LogP contribution in [0.3, 0.4) is 0 Å². The number of hydrogen-bond acceptors (Lipinski definition) is 5. The van der Waals surface area contributed by atoms with E-state index in [2.05, 4.69) is 10.6 Å². The quantitative estimate of drug-likeness (QED) is 0.654. The average molecular weight is 366 g/mol. The summed E-state index contributed by atoms with van der Waals surface area (Å²) in [7, 11) is 0. The zero-order chi connectivity index (χ0) is 19.2. The lowest BCUT2D eigenvalue weighted by Gasteiger charge is -2.14. The fraction of sp³-hybridized carbons (Fsp3) is 0.150. The van der Waals surface area contributed by atoms with Gasteiger partial charge in [-0.05, 0) is 42.0 Å². The van der Waals surface area contributed by atoms with Crippen molar-refractivity contribution in [1.82, 2.24) is 5.32 Å². The molecule has 3 rings (SSSR count). The topological polar surface area (TPSA) is 97.6 Å². The number of nitrogens with one attached hydrogen (secondary N) is 2. The molecule has 7 nitrogen and oxygen atoms in total. The van der Waals surface area contributed by atoms with Gasteiger partial charge in [0.1, 0.15) is 6.54 Å². The highest BCUT2D eigenvalue weighted by molar-refractivity contribution is 5.98. The number of fused-ring (bicyclic) bond motifs is 1. The number of esters is 1. The molecule has 1 heterocycles. The Morgan fingerprint density at radius 3 is 2.56 bits per heavy atom. The second kappa shape index (κ2) is 8.18. The maximum absolute atomic E-state index is 12.2. The lowest BCUT2D eigenvalue weighted by atomic mass is 10.1.